The summed E-state index contributed by atoms with van der Waals surface area (Å²) >= 11 is 12.2. The average Bonchev–Trinajstić information content (AvgIpc) is 3.70. The molecular formula is C33H32Cl2F2N8O4. The van der Waals surface area contributed by atoms with Gasteiger partial charge in [-0.25, -0.2) is 9.50 Å². The summed E-state index contributed by atoms with van der Waals surface area (Å²) < 4.78 is 40.0. The number of nitrogens with zero attached hydrogens (tertiary/aromatic N) is 7. The van der Waals surface area contributed by atoms with Gasteiger partial charge in [-0.3, -0.25) is 19.2 Å². The van der Waals surface area contributed by atoms with Crippen LogP contribution in [0.1, 0.15) is 23.2 Å². The number of fused-ring (bicyclic) bond motifs is 1. The second-order valence-electron chi connectivity index (χ2n) is 11.4. The zero-order valence-corrected chi connectivity index (χ0v) is 27.8. The average molecular weight is 714 g/mol. The third-order valence-corrected chi connectivity index (χ3v) is 8.70. The van der Waals surface area contributed by atoms with Crippen LogP contribution in [0.4, 0.5) is 14.5 Å². The van der Waals surface area contributed by atoms with Crippen molar-refractivity contribution in [3.8, 4) is 22.8 Å². The maximum absolute atomic E-state index is 13.4. The maximum Gasteiger partial charge on any atom is 0.387 e. The molecule has 16 heteroatoms. The topological polar surface area (TPSA) is 119 Å². The Kier molecular flexibility index (Phi) is 10.6. The van der Waals surface area contributed by atoms with Gasteiger partial charge < -0.3 is 19.7 Å². The highest BCUT2D eigenvalue weighted by Gasteiger charge is 2.27. The summed E-state index contributed by atoms with van der Waals surface area (Å²) in [4.78, 5) is 35.1. The SMILES string of the molecule is CN(CCOc1ccc(Cl)cc1)C1CCN(C(=O)Cn2cc(NC(=O)c3cnn4cccnc34)c(-c3cc(Cl)ccc3OC(F)F)n2)CC1. The minimum absolute atomic E-state index is 0.0879. The Hall–Kier alpha value is -4.79. The van der Waals surface area contributed by atoms with Crippen molar-refractivity contribution in [1.82, 2.24) is 34.2 Å². The number of likely N-dealkylation sites (N-methyl/N-ethyl adjacent to an activating group) is 1. The molecule has 1 N–H and O–H groups in total. The number of likely N-dealkylation sites (tertiary alicyclic amines) is 1. The molecule has 2 amide bonds. The van der Waals surface area contributed by atoms with Gasteiger partial charge in [0.25, 0.3) is 5.91 Å². The van der Waals surface area contributed by atoms with Crippen LogP contribution in [-0.2, 0) is 11.3 Å². The summed E-state index contributed by atoms with van der Waals surface area (Å²) in [5.41, 5.74) is 0.836. The van der Waals surface area contributed by atoms with Gasteiger partial charge in [-0.2, -0.15) is 19.0 Å². The standard InChI is InChI=1S/C33H32Cl2F2N8O4/c1-42(15-16-48-24-6-3-21(34)4-7-24)23-9-13-43(14-10-23)29(46)20-44-19-27(40-32(47)26-18-39-45-12-2-11-38-31(26)45)30(41-44)25-17-22(35)5-8-28(25)49-33(36)37/h2-8,11-12,17-19,23,33H,9-10,13-16,20H2,1H3,(H,40,47). The second kappa shape index (κ2) is 15.2. The fraction of sp³-hybridized carbons (Fsp3) is 0.303. The molecule has 0 unspecified atom stereocenters. The van der Waals surface area contributed by atoms with Crippen LogP contribution in [0.3, 0.4) is 0 Å². The van der Waals surface area contributed by atoms with Gasteiger partial charge in [-0.05, 0) is 68.4 Å². The summed E-state index contributed by atoms with van der Waals surface area (Å²) in [5, 5.41) is 12.3. The minimum atomic E-state index is -3.12. The van der Waals surface area contributed by atoms with Crippen molar-refractivity contribution < 1.29 is 27.8 Å². The predicted molar refractivity (Wildman–Crippen MR) is 179 cm³/mol. The molecule has 3 aromatic heterocycles. The Labute approximate surface area is 290 Å². The molecule has 0 bridgehead atoms. The number of amides is 2. The van der Waals surface area contributed by atoms with E-state index in [1.807, 2.05) is 19.2 Å². The molecule has 0 atom stereocenters. The predicted octanol–water partition coefficient (Wildman–Crippen LogP) is 5.76. The quantitative estimate of drug-likeness (QED) is 0.174. The van der Waals surface area contributed by atoms with Crippen molar-refractivity contribution in [2.24, 2.45) is 0 Å². The summed E-state index contributed by atoms with van der Waals surface area (Å²) in [6, 6.07) is 13.3. The number of piperidine rings is 1. The summed E-state index contributed by atoms with van der Waals surface area (Å²) in [6.45, 7) is -0.940. The molecule has 1 aliphatic rings. The molecule has 0 saturated carbocycles. The van der Waals surface area contributed by atoms with E-state index in [0.717, 1.165) is 25.1 Å². The molecule has 0 radical (unpaired) electrons. The first-order chi connectivity index (χ1) is 23.6. The van der Waals surface area contributed by atoms with Gasteiger partial charge >= 0.3 is 6.61 Å². The maximum atomic E-state index is 13.4. The van der Waals surface area contributed by atoms with Crippen LogP contribution >= 0.6 is 23.2 Å². The molecule has 6 rings (SSSR count). The van der Waals surface area contributed by atoms with Gasteiger partial charge in [0.05, 0.1) is 11.9 Å². The molecule has 1 aliphatic heterocycles. The Morgan fingerprint density at radius 1 is 1.10 bits per heavy atom. The van der Waals surface area contributed by atoms with Crippen LogP contribution in [0.2, 0.25) is 10.0 Å². The summed E-state index contributed by atoms with van der Waals surface area (Å²) in [6.07, 6.45) is 7.56. The first kappa shape index (κ1) is 34.1. The molecular weight excluding hydrogens is 681 g/mol. The largest absolute Gasteiger partial charge is 0.492 e. The molecule has 12 nitrogen and oxygen atoms in total. The van der Waals surface area contributed by atoms with Gasteiger partial charge in [0.15, 0.2) is 5.65 Å². The number of anilines is 1. The van der Waals surface area contributed by atoms with Gasteiger partial charge in [-0.15, -0.1) is 0 Å². The van der Waals surface area contributed by atoms with Crippen LogP contribution in [-0.4, -0.2) is 91.9 Å². The molecule has 5 aromatic rings. The normalized spacial score (nSPS) is 13.7. The van der Waals surface area contributed by atoms with E-state index in [9.17, 15) is 18.4 Å². The molecule has 0 spiro atoms. The van der Waals surface area contributed by atoms with E-state index < -0.39 is 12.5 Å². The Morgan fingerprint density at radius 3 is 2.61 bits per heavy atom. The first-order valence-corrected chi connectivity index (χ1v) is 16.2. The number of rotatable bonds is 12. The third-order valence-electron chi connectivity index (χ3n) is 8.21. The Balaban J connectivity index is 1.14. The fourth-order valence-electron chi connectivity index (χ4n) is 5.67. The number of aromatic nitrogens is 5. The van der Waals surface area contributed by atoms with E-state index >= 15 is 0 Å². The summed E-state index contributed by atoms with van der Waals surface area (Å²) in [7, 11) is 2.04. The van der Waals surface area contributed by atoms with E-state index in [4.69, 9.17) is 32.7 Å². The van der Waals surface area contributed by atoms with Crippen molar-refractivity contribution in [3.05, 3.63) is 88.9 Å². The van der Waals surface area contributed by atoms with Crippen LogP contribution in [0.5, 0.6) is 11.5 Å². The third kappa shape index (κ3) is 8.27. The lowest BCUT2D eigenvalue weighted by Crippen LogP contribution is -2.47. The lowest BCUT2D eigenvalue weighted by molar-refractivity contribution is -0.133. The van der Waals surface area contributed by atoms with Crippen LogP contribution in [0, 0.1) is 0 Å². The Bertz CT molecular complexity index is 1930. The van der Waals surface area contributed by atoms with Crippen LogP contribution in [0.15, 0.2) is 73.3 Å². The van der Waals surface area contributed by atoms with Crippen molar-refractivity contribution in [1.29, 1.82) is 0 Å². The molecule has 1 saturated heterocycles. The van der Waals surface area contributed by atoms with Crippen molar-refractivity contribution >= 4 is 46.4 Å². The highest BCUT2D eigenvalue weighted by molar-refractivity contribution is 6.31. The van der Waals surface area contributed by atoms with Gasteiger partial charge in [-0.1, -0.05) is 23.2 Å². The highest BCUT2D eigenvalue weighted by atomic mass is 35.5. The number of hydrogen-bond donors (Lipinski definition) is 1. The molecule has 49 heavy (non-hydrogen) atoms. The van der Waals surface area contributed by atoms with Gasteiger partial charge in [0.2, 0.25) is 5.91 Å². The van der Waals surface area contributed by atoms with E-state index in [0.29, 0.717) is 30.4 Å². The number of carbonyl (C=O) groups excluding carboxylic acids is 2. The van der Waals surface area contributed by atoms with Crippen molar-refractivity contribution in [2.75, 3.05) is 38.6 Å². The molecule has 256 valence electrons. The van der Waals surface area contributed by atoms with E-state index in [1.54, 1.807) is 29.3 Å². The lowest BCUT2D eigenvalue weighted by atomic mass is 10.0. The van der Waals surface area contributed by atoms with Crippen LogP contribution < -0.4 is 14.8 Å². The molecule has 4 heterocycles. The van der Waals surface area contributed by atoms with E-state index in [2.05, 4.69) is 25.4 Å². The van der Waals surface area contributed by atoms with Crippen molar-refractivity contribution in [3.63, 3.8) is 0 Å². The number of benzene rings is 2. The lowest BCUT2D eigenvalue weighted by Gasteiger charge is -2.36. The number of ether oxygens (including phenoxy) is 2. The molecule has 0 aliphatic carbocycles. The Morgan fingerprint density at radius 2 is 1.86 bits per heavy atom. The van der Waals surface area contributed by atoms with E-state index in [1.165, 1.54) is 46.0 Å². The van der Waals surface area contributed by atoms with E-state index in [-0.39, 0.29) is 51.8 Å². The molecule has 2 aromatic carbocycles. The number of halogens is 4. The second-order valence-corrected chi connectivity index (χ2v) is 12.3. The van der Waals surface area contributed by atoms with Gasteiger partial charge in [0, 0.05) is 59.9 Å². The minimum Gasteiger partial charge on any atom is -0.492 e. The fourth-order valence-corrected chi connectivity index (χ4v) is 5.97. The zero-order chi connectivity index (χ0) is 34.5. The monoisotopic (exact) mass is 712 g/mol. The molecule has 1 fully saturated rings. The first-order valence-electron chi connectivity index (χ1n) is 15.4. The number of alkyl halides is 2. The number of hydrogen-bond acceptors (Lipinski definition) is 8. The van der Waals surface area contributed by atoms with Crippen molar-refractivity contribution in [2.45, 2.75) is 32.0 Å². The van der Waals surface area contributed by atoms with Gasteiger partial charge in [0.1, 0.15) is 35.9 Å². The summed E-state index contributed by atoms with van der Waals surface area (Å²) in [5.74, 6) is -0.192. The zero-order valence-electron chi connectivity index (χ0n) is 26.3. The highest BCUT2D eigenvalue weighted by Crippen LogP contribution is 2.37. The number of nitrogens with one attached hydrogen (secondary N) is 1. The van der Waals surface area contributed by atoms with Crippen LogP contribution in [0.25, 0.3) is 16.9 Å². The smallest absolute Gasteiger partial charge is 0.387 e. The number of carbonyl (C=O) groups is 2.